The number of benzene rings is 2. The summed E-state index contributed by atoms with van der Waals surface area (Å²) in [5.41, 5.74) is 2.35. The van der Waals surface area contributed by atoms with E-state index in [0.29, 0.717) is 23.6 Å². The first kappa shape index (κ1) is 15.6. The predicted molar refractivity (Wildman–Crippen MR) is 91.8 cm³/mol. The molecule has 1 atom stereocenters. The molecule has 118 valence electrons. The second-order valence-electron chi connectivity index (χ2n) is 5.60. The lowest BCUT2D eigenvalue weighted by Gasteiger charge is -2.24. The van der Waals surface area contributed by atoms with Crippen LogP contribution in [0.5, 0.6) is 0 Å². The van der Waals surface area contributed by atoms with Gasteiger partial charge in [-0.05, 0) is 43.2 Å². The van der Waals surface area contributed by atoms with Gasteiger partial charge in [-0.25, -0.2) is 0 Å². The minimum absolute atomic E-state index is 0.0285. The molecule has 2 aromatic rings. The number of aryl methyl sites for hydroxylation is 1. The number of halogens is 1. The highest BCUT2D eigenvalue weighted by Crippen LogP contribution is 2.28. The molecule has 1 heterocycles. The molecule has 1 fully saturated rings. The van der Waals surface area contributed by atoms with Gasteiger partial charge in [0.05, 0.1) is 0 Å². The number of carbonyl (C=O) groups is 2. The van der Waals surface area contributed by atoms with Gasteiger partial charge in [-0.15, -0.1) is 0 Å². The molecular formula is C18H17ClN2O2. The van der Waals surface area contributed by atoms with Crippen molar-refractivity contribution in [1.29, 1.82) is 0 Å². The third-order valence-corrected chi connectivity index (χ3v) is 4.24. The van der Waals surface area contributed by atoms with Gasteiger partial charge >= 0.3 is 0 Å². The fraction of sp³-hybridized carbons (Fsp3) is 0.222. The van der Waals surface area contributed by atoms with E-state index in [4.69, 9.17) is 11.6 Å². The van der Waals surface area contributed by atoms with Gasteiger partial charge in [0.25, 0.3) is 0 Å². The Morgan fingerprint density at radius 2 is 1.96 bits per heavy atom. The molecule has 0 aromatic heterocycles. The summed E-state index contributed by atoms with van der Waals surface area (Å²) >= 11 is 5.99. The highest BCUT2D eigenvalue weighted by Gasteiger charge is 2.37. The van der Waals surface area contributed by atoms with Gasteiger partial charge in [0.2, 0.25) is 11.8 Å². The number of para-hydroxylation sites is 1. The highest BCUT2D eigenvalue weighted by molar-refractivity contribution is 6.31. The van der Waals surface area contributed by atoms with Crippen molar-refractivity contribution >= 4 is 34.8 Å². The summed E-state index contributed by atoms with van der Waals surface area (Å²) in [5.74, 6) is -0.218. The van der Waals surface area contributed by atoms with Crippen molar-refractivity contribution in [2.45, 2.75) is 25.8 Å². The van der Waals surface area contributed by atoms with Gasteiger partial charge in [0.1, 0.15) is 6.04 Å². The Morgan fingerprint density at radius 3 is 2.70 bits per heavy atom. The molecule has 0 bridgehead atoms. The number of hydrogen-bond donors (Lipinski definition) is 1. The Morgan fingerprint density at radius 1 is 1.22 bits per heavy atom. The number of rotatable bonds is 3. The van der Waals surface area contributed by atoms with E-state index in [1.807, 2.05) is 43.3 Å². The van der Waals surface area contributed by atoms with Crippen LogP contribution in [0.3, 0.4) is 0 Å². The first-order valence-corrected chi connectivity index (χ1v) is 7.88. The van der Waals surface area contributed by atoms with Gasteiger partial charge in [0, 0.05) is 22.8 Å². The molecule has 23 heavy (non-hydrogen) atoms. The van der Waals surface area contributed by atoms with Crippen molar-refractivity contribution in [3.05, 3.63) is 59.1 Å². The van der Waals surface area contributed by atoms with Crippen LogP contribution in [0.15, 0.2) is 48.5 Å². The standard InChI is InChI=1S/C18H17ClN2O2/c1-12-7-8-13(19)11-15(12)20-18(23)16-9-10-17(22)21(16)14-5-3-2-4-6-14/h2-8,11,16H,9-10H2,1H3,(H,20,23). The second-order valence-corrected chi connectivity index (χ2v) is 6.04. The van der Waals surface area contributed by atoms with Crippen molar-refractivity contribution in [2.75, 3.05) is 10.2 Å². The molecule has 1 aliphatic heterocycles. The van der Waals surface area contributed by atoms with Gasteiger partial charge in [-0.2, -0.15) is 0 Å². The molecule has 3 rings (SSSR count). The average Bonchev–Trinajstić information content (AvgIpc) is 2.93. The smallest absolute Gasteiger partial charge is 0.247 e. The quantitative estimate of drug-likeness (QED) is 0.932. The normalized spacial score (nSPS) is 17.4. The molecule has 5 heteroatoms. The predicted octanol–water partition coefficient (Wildman–Crippen LogP) is 3.78. The fourth-order valence-electron chi connectivity index (χ4n) is 2.79. The number of anilines is 2. The average molecular weight is 329 g/mol. The van der Waals surface area contributed by atoms with E-state index < -0.39 is 6.04 Å². The highest BCUT2D eigenvalue weighted by atomic mass is 35.5. The minimum Gasteiger partial charge on any atom is -0.324 e. The molecule has 1 unspecified atom stereocenters. The molecule has 1 N–H and O–H groups in total. The summed E-state index contributed by atoms with van der Waals surface area (Å²) in [6, 6.07) is 14.1. The van der Waals surface area contributed by atoms with E-state index in [-0.39, 0.29) is 11.8 Å². The fourth-order valence-corrected chi connectivity index (χ4v) is 2.96. The SMILES string of the molecule is Cc1ccc(Cl)cc1NC(=O)C1CCC(=O)N1c1ccccc1. The summed E-state index contributed by atoms with van der Waals surface area (Å²) in [6.07, 6.45) is 0.890. The van der Waals surface area contributed by atoms with E-state index in [0.717, 1.165) is 11.3 Å². The topological polar surface area (TPSA) is 49.4 Å². The number of carbonyl (C=O) groups excluding carboxylic acids is 2. The maximum absolute atomic E-state index is 12.7. The zero-order valence-corrected chi connectivity index (χ0v) is 13.5. The second kappa shape index (κ2) is 6.42. The third kappa shape index (κ3) is 3.22. The van der Waals surface area contributed by atoms with E-state index in [9.17, 15) is 9.59 Å². The summed E-state index contributed by atoms with van der Waals surface area (Å²) in [5, 5.41) is 3.46. The van der Waals surface area contributed by atoms with Crippen LogP contribution in [-0.2, 0) is 9.59 Å². The van der Waals surface area contributed by atoms with Crippen molar-refractivity contribution in [3.63, 3.8) is 0 Å². The lowest BCUT2D eigenvalue weighted by Crippen LogP contribution is -2.41. The van der Waals surface area contributed by atoms with Crippen LogP contribution in [0, 0.1) is 6.92 Å². The van der Waals surface area contributed by atoms with E-state index in [1.54, 1.807) is 17.0 Å². The Balaban J connectivity index is 1.83. The molecule has 0 saturated carbocycles. The van der Waals surface area contributed by atoms with Crippen LogP contribution in [0.4, 0.5) is 11.4 Å². The summed E-state index contributed by atoms with van der Waals surface area (Å²) in [6.45, 7) is 1.90. The third-order valence-electron chi connectivity index (χ3n) is 4.01. The molecule has 2 aromatic carbocycles. The van der Waals surface area contributed by atoms with Crippen LogP contribution in [0.2, 0.25) is 5.02 Å². The lowest BCUT2D eigenvalue weighted by atomic mass is 10.1. The largest absolute Gasteiger partial charge is 0.324 e. The molecule has 1 aliphatic rings. The number of hydrogen-bond acceptors (Lipinski definition) is 2. The first-order chi connectivity index (χ1) is 11.1. The van der Waals surface area contributed by atoms with Crippen molar-refractivity contribution in [1.82, 2.24) is 0 Å². The molecule has 0 spiro atoms. The van der Waals surface area contributed by atoms with Gasteiger partial charge in [-0.1, -0.05) is 35.9 Å². The molecule has 0 aliphatic carbocycles. The lowest BCUT2D eigenvalue weighted by molar-refractivity contribution is -0.120. The van der Waals surface area contributed by atoms with Gasteiger partial charge in [0.15, 0.2) is 0 Å². The Hall–Kier alpha value is -2.33. The summed E-state index contributed by atoms with van der Waals surface area (Å²) in [4.78, 5) is 26.4. The van der Waals surface area contributed by atoms with Crippen LogP contribution in [0.1, 0.15) is 18.4 Å². The summed E-state index contributed by atoms with van der Waals surface area (Å²) < 4.78 is 0. The number of nitrogens with zero attached hydrogens (tertiary/aromatic N) is 1. The zero-order chi connectivity index (χ0) is 16.4. The van der Waals surface area contributed by atoms with Crippen molar-refractivity contribution in [3.8, 4) is 0 Å². The Kier molecular flexibility index (Phi) is 4.35. The van der Waals surface area contributed by atoms with Gasteiger partial charge in [-0.3, -0.25) is 14.5 Å². The van der Waals surface area contributed by atoms with Crippen LogP contribution < -0.4 is 10.2 Å². The van der Waals surface area contributed by atoms with Crippen LogP contribution in [0.25, 0.3) is 0 Å². The van der Waals surface area contributed by atoms with Crippen molar-refractivity contribution < 1.29 is 9.59 Å². The minimum atomic E-state index is -0.497. The van der Waals surface area contributed by atoms with Crippen LogP contribution >= 0.6 is 11.6 Å². The molecule has 0 radical (unpaired) electrons. The van der Waals surface area contributed by atoms with Crippen LogP contribution in [-0.4, -0.2) is 17.9 Å². The Labute approximate surface area is 140 Å². The van der Waals surface area contributed by atoms with E-state index >= 15 is 0 Å². The summed E-state index contributed by atoms with van der Waals surface area (Å²) in [7, 11) is 0. The van der Waals surface area contributed by atoms with Crippen molar-refractivity contribution in [2.24, 2.45) is 0 Å². The molecular weight excluding hydrogens is 312 g/mol. The maximum atomic E-state index is 12.7. The van der Waals surface area contributed by atoms with E-state index in [2.05, 4.69) is 5.32 Å². The maximum Gasteiger partial charge on any atom is 0.247 e. The monoisotopic (exact) mass is 328 g/mol. The van der Waals surface area contributed by atoms with E-state index in [1.165, 1.54) is 0 Å². The number of amides is 2. The zero-order valence-electron chi connectivity index (χ0n) is 12.8. The first-order valence-electron chi connectivity index (χ1n) is 7.50. The molecule has 1 saturated heterocycles. The molecule has 4 nitrogen and oxygen atoms in total. The Bertz CT molecular complexity index is 746. The number of nitrogens with one attached hydrogen (secondary N) is 1. The molecule has 2 amide bonds. The van der Waals surface area contributed by atoms with Gasteiger partial charge < -0.3 is 5.32 Å².